The van der Waals surface area contributed by atoms with Gasteiger partial charge in [-0.25, -0.2) is 4.98 Å². The maximum Gasteiger partial charge on any atom is 0.307 e. The van der Waals surface area contributed by atoms with E-state index in [9.17, 15) is 4.79 Å². The highest BCUT2D eigenvalue weighted by Crippen LogP contribution is 2.26. The second kappa shape index (κ2) is 6.18. The van der Waals surface area contributed by atoms with Crippen molar-refractivity contribution < 1.29 is 9.53 Å². The molecule has 0 aliphatic carbocycles. The molecule has 18 heavy (non-hydrogen) atoms. The second-order valence-electron chi connectivity index (χ2n) is 4.46. The van der Waals surface area contributed by atoms with Crippen molar-refractivity contribution in [3.8, 4) is 0 Å². The van der Waals surface area contributed by atoms with E-state index in [4.69, 9.17) is 4.74 Å². The average Bonchev–Trinajstić information content (AvgIpc) is 2.40. The number of hydrogen-bond acceptors (Lipinski definition) is 4. The van der Waals surface area contributed by atoms with Crippen LogP contribution in [0.5, 0.6) is 0 Å². The van der Waals surface area contributed by atoms with Gasteiger partial charge >= 0.3 is 5.97 Å². The van der Waals surface area contributed by atoms with Gasteiger partial charge < -0.3 is 9.64 Å². The molecule has 4 nitrogen and oxygen atoms in total. The second-order valence-corrected chi connectivity index (χ2v) is 5.37. The van der Waals surface area contributed by atoms with Crippen LogP contribution in [0.4, 0.5) is 5.82 Å². The predicted octanol–water partition coefficient (Wildman–Crippen LogP) is 2.77. The lowest BCUT2D eigenvalue weighted by Gasteiger charge is -2.36. The molecule has 0 saturated carbocycles. The minimum Gasteiger partial charge on any atom is -0.469 e. The molecule has 1 aromatic heterocycles. The van der Waals surface area contributed by atoms with E-state index in [1.165, 1.54) is 7.11 Å². The molecule has 0 bridgehead atoms. The number of piperidine rings is 1. The number of hydrogen-bond donors (Lipinski definition) is 0. The Morgan fingerprint density at radius 1 is 1.56 bits per heavy atom. The third-order valence-electron chi connectivity index (χ3n) is 3.26. The fourth-order valence-corrected chi connectivity index (χ4v) is 2.56. The van der Waals surface area contributed by atoms with Crippen LogP contribution in [-0.4, -0.2) is 30.6 Å². The molecule has 1 aromatic rings. The van der Waals surface area contributed by atoms with Crippen LogP contribution in [0.3, 0.4) is 0 Å². The standard InChI is InChI=1S/C13H17BrN2O2/c1-18-13(17)8-11-4-2-3-7-16(11)12-6-5-10(14)9-15-12/h5-6,9,11H,2-4,7-8H2,1H3/t11-/m0/s1. The van der Waals surface area contributed by atoms with E-state index in [1.54, 1.807) is 6.20 Å². The maximum absolute atomic E-state index is 11.4. The number of carbonyl (C=O) groups is 1. The summed E-state index contributed by atoms with van der Waals surface area (Å²) in [7, 11) is 1.44. The predicted molar refractivity (Wildman–Crippen MR) is 73.6 cm³/mol. The average molecular weight is 313 g/mol. The number of nitrogens with zero attached hydrogens (tertiary/aromatic N) is 2. The number of halogens is 1. The van der Waals surface area contributed by atoms with Gasteiger partial charge in [0.25, 0.3) is 0 Å². The van der Waals surface area contributed by atoms with E-state index in [-0.39, 0.29) is 12.0 Å². The molecule has 1 aliphatic heterocycles. The Bertz CT molecular complexity index is 408. The summed E-state index contributed by atoms with van der Waals surface area (Å²) in [6.45, 7) is 0.955. The first-order valence-electron chi connectivity index (χ1n) is 6.15. The first kappa shape index (κ1) is 13.3. The van der Waals surface area contributed by atoms with Gasteiger partial charge in [0.2, 0.25) is 0 Å². The molecule has 1 fully saturated rings. The molecule has 0 amide bonds. The lowest BCUT2D eigenvalue weighted by molar-refractivity contribution is -0.141. The molecule has 1 aliphatic rings. The Morgan fingerprint density at radius 2 is 2.39 bits per heavy atom. The summed E-state index contributed by atoms with van der Waals surface area (Å²) in [5, 5.41) is 0. The molecule has 2 heterocycles. The number of rotatable bonds is 3. The molecule has 98 valence electrons. The Labute approximate surface area is 115 Å². The SMILES string of the molecule is COC(=O)C[C@@H]1CCCCN1c1ccc(Br)cn1. The van der Waals surface area contributed by atoms with Crippen LogP contribution in [0.1, 0.15) is 25.7 Å². The van der Waals surface area contributed by atoms with Crippen LogP contribution in [0.15, 0.2) is 22.8 Å². The third kappa shape index (κ3) is 3.22. The molecular weight excluding hydrogens is 296 g/mol. The fraction of sp³-hybridized carbons (Fsp3) is 0.538. The van der Waals surface area contributed by atoms with Crippen LogP contribution in [-0.2, 0) is 9.53 Å². The summed E-state index contributed by atoms with van der Waals surface area (Å²) in [4.78, 5) is 18.1. The number of methoxy groups -OCH3 is 1. The summed E-state index contributed by atoms with van der Waals surface area (Å²) >= 11 is 3.38. The van der Waals surface area contributed by atoms with Crippen LogP contribution < -0.4 is 4.90 Å². The quantitative estimate of drug-likeness (QED) is 0.805. The number of pyridine rings is 1. The van der Waals surface area contributed by atoms with Crippen LogP contribution in [0, 0.1) is 0 Å². The van der Waals surface area contributed by atoms with E-state index >= 15 is 0 Å². The molecule has 0 N–H and O–H groups in total. The minimum absolute atomic E-state index is 0.149. The summed E-state index contributed by atoms with van der Waals surface area (Å²) in [5.41, 5.74) is 0. The molecule has 1 saturated heterocycles. The van der Waals surface area contributed by atoms with Gasteiger partial charge in [0.15, 0.2) is 0 Å². The van der Waals surface area contributed by atoms with Gasteiger partial charge in [-0.05, 0) is 47.3 Å². The topological polar surface area (TPSA) is 42.4 Å². The summed E-state index contributed by atoms with van der Waals surface area (Å²) in [6, 6.07) is 4.17. The summed E-state index contributed by atoms with van der Waals surface area (Å²) < 4.78 is 5.73. The van der Waals surface area contributed by atoms with Crippen LogP contribution in [0.2, 0.25) is 0 Å². The first-order valence-corrected chi connectivity index (χ1v) is 6.95. The minimum atomic E-state index is -0.149. The molecule has 1 atom stereocenters. The highest BCUT2D eigenvalue weighted by Gasteiger charge is 2.25. The third-order valence-corrected chi connectivity index (χ3v) is 3.73. The summed E-state index contributed by atoms with van der Waals surface area (Å²) in [5.74, 6) is 0.788. The molecule has 2 rings (SSSR count). The van der Waals surface area contributed by atoms with Gasteiger partial charge in [-0.15, -0.1) is 0 Å². The Hall–Kier alpha value is -1.10. The largest absolute Gasteiger partial charge is 0.469 e. The van der Waals surface area contributed by atoms with Gasteiger partial charge in [0.1, 0.15) is 5.82 Å². The van der Waals surface area contributed by atoms with E-state index < -0.39 is 0 Å². The number of aromatic nitrogens is 1. The molecule has 0 unspecified atom stereocenters. The molecule has 0 spiro atoms. The number of esters is 1. The normalized spacial score (nSPS) is 19.7. The van der Waals surface area contributed by atoms with Gasteiger partial charge in [0, 0.05) is 23.3 Å². The Kier molecular flexibility index (Phi) is 4.58. The van der Waals surface area contributed by atoms with E-state index in [1.807, 2.05) is 12.1 Å². The zero-order chi connectivity index (χ0) is 13.0. The molecule has 0 aromatic carbocycles. The van der Waals surface area contributed by atoms with Gasteiger partial charge in [0.05, 0.1) is 13.5 Å². The first-order chi connectivity index (χ1) is 8.70. The molecule has 5 heteroatoms. The molecular formula is C13H17BrN2O2. The van der Waals surface area contributed by atoms with Crippen molar-refractivity contribution in [1.82, 2.24) is 4.98 Å². The van der Waals surface area contributed by atoms with Gasteiger partial charge in [-0.3, -0.25) is 4.79 Å². The lowest BCUT2D eigenvalue weighted by Crippen LogP contribution is -2.41. The molecule has 0 radical (unpaired) electrons. The zero-order valence-electron chi connectivity index (χ0n) is 10.4. The number of ether oxygens (including phenoxy) is 1. The van der Waals surface area contributed by atoms with Crippen molar-refractivity contribution >= 4 is 27.7 Å². The van der Waals surface area contributed by atoms with Gasteiger partial charge in [-0.1, -0.05) is 0 Å². The fourth-order valence-electron chi connectivity index (χ4n) is 2.33. The Balaban J connectivity index is 2.12. The Morgan fingerprint density at radius 3 is 3.06 bits per heavy atom. The van der Waals surface area contributed by atoms with Crippen LogP contribution >= 0.6 is 15.9 Å². The van der Waals surface area contributed by atoms with Crippen molar-refractivity contribution in [2.24, 2.45) is 0 Å². The van der Waals surface area contributed by atoms with E-state index in [2.05, 4.69) is 25.8 Å². The van der Waals surface area contributed by atoms with E-state index in [0.717, 1.165) is 36.1 Å². The van der Waals surface area contributed by atoms with Gasteiger partial charge in [-0.2, -0.15) is 0 Å². The van der Waals surface area contributed by atoms with Crippen molar-refractivity contribution in [3.63, 3.8) is 0 Å². The zero-order valence-corrected chi connectivity index (χ0v) is 12.0. The summed E-state index contributed by atoms with van der Waals surface area (Å²) in [6.07, 6.45) is 5.56. The van der Waals surface area contributed by atoms with Crippen molar-refractivity contribution in [2.45, 2.75) is 31.7 Å². The number of anilines is 1. The lowest BCUT2D eigenvalue weighted by atomic mass is 9.99. The van der Waals surface area contributed by atoms with Crippen LogP contribution in [0.25, 0.3) is 0 Å². The van der Waals surface area contributed by atoms with Crippen molar-refractivity contribution in [1.29, 1.82) is 0 Å². The highest BCUT2D eigenvalue weighted by atomic mass is 79.9. The van der Waals surface area contributed by atoms with Crippen molar-refractivity contribution in [3.05, 3.63) is 22.8 Å². The highest BCUT2D eigenvalue weighted by molar-refractivity contribution is 9.10. The van der Waals surface area contributed by atoms with Crippen molar-refractivity contribution in [2.75, 3.05) is 18.6 Å². The monoisotopic (exact) mass is 312 g/mol. The smallest absolute Gasteiger partial charge is 0.307 e. The number of carbonyl (C=O) groups excluding carboxylic acids is 1. The van der Waals surface area contributed by atoms with E-state index in [0.29, 0.717) is 6.42 Å². The maximum atomic E-state index is 11.4.